The molecule has 4 unspecified atom stereocenters. The molecule has 1 aliphatic heterocycles. The number of carbonyl (C=O) groups excluding carboxylic acids is 3. The van der Waals surface area contributed by atoms with Crippen molar-refractivity contribution >= 4 is 40.5 Å². The van der Waals surface area contributed by atoms with Gasteiger partial charge in [-0.05, 0) is 22.6 Å². The van der Waals surface area contributed by atoms with E-state index in [0.29, 0.717) is 0 Å². The van der Waals surface area contributed by atoms with Crippen LogP contribution >= 0.6 is 22.6 Å². The van der Waals surface area contributed by atoms with Crippen LogP contribution in [0, 0.1) is 6.61 Å². The molecule has 20 heavy (non-hydrogen) atoms. The molecule has 1 rings (SSSR count). The van der Waals surface area contributed by atoms with E-state index < -0.39 is 36.2 Å². The Kier molecular flexibility index (Phi) is 6.53. The van der Waals surface area contributed by atoms with E-state index in [-0.39, 0.29) is 10.5 Å². The summed E-state index contributed by atoms with van der Waals surface area (Å²) in [7, 11) is 0. The van der Waals surface area contributed by atoms with Crippen LogP contribution < -0.4 is 0 Å². The molecule has 0 spiro atoms. The predicted molar refractivity (Wildman–Crippen MR) is 74.7 cm³/mol. The Labute approximate surface area is 130 Å². The second-order valence-corrected chi connectivity index (χ2v) is 5.64. The topological polar surface area (TPSA) is 88.1 Å². The third-order valence-corrected chi connectivity index (χ3v) is 3.44. The number of esters is 3. The van der Waals surface area contributed by atoms with Gasteiger partial charge in [0.15, 0.2) is 18.3 Å². The van der Waals surface area contributed by atoms with Crippen molar-refractivity contribution in [3.8, 4) is 0 Å². The van der Waals surface area contributed by atoms with Crippen LogP contribution in [0.3, 0.4) is 0 Å². The first-order valence-electron chi connectivity index (χ1n) is 5.92. The van der Waals surface area contributed by atoms with Gasteiger partial charge in [0.05, 0.1) is 0 Å². The van der Waals surface area contributed by atoms with Crippen molar-refractivity contribution in [2.24, 2.45) is 0 Å². The predicted octanol–water partition coefficient (Wildman–Crippen LogP) is 0.777. The molecule has 0 bridgehead atoms. The molecular formula is C12H16IO7+. The molecular weight excluding hydrogens is 383 g/mol. The molecule has 8 heteroatoms. The summed E-state index contributed by atoms with van der Waals surface area (Å²) < 4.78 is 20.3. The minimum Gasteiger partial charge on any atom is -0.463 e. The Morgan fingerprint density at radius 3 is 2.10 bits per heavy atom. The quantitative estimate of drug-likeness (QED) is 0.227. The van der Waals surface area contributed by atoms with Gasteiger partial charge in [0.2, 0.25) is 10.5 Å². The molecule has 0 N–H and O–H groups in total. The van der Waals surface area contributed by atoms with Crippen molar-refractivity contribution in [2.45, 2.75) is 43.0 Å². The molecule has 0 aromatic carbocycles. The summed E-state index contributed by atoms with van der Waals surface area (Å²) in [5.74, 6) is -1.50. The Balaban J connectivity index is 2.83. The molecule has 0 radical (unpaired) electrons. The van der Waals surface area contributed by atoms with Crippen LogP contribution in [-0.4, -0.2) is 46.8 Å². The van der Waals surface area contributed by atoms with Gasteiger partial charge in [-0.25, -0.2) is 0 Å². The molecule has 0 amide bonds. The number of hydrogen-bond donors (Lipinski definition) is 0. The van der Waals surface area contributed by atoms with Crippen molar-refractivity contribution in [3.63, 3.8) is 0 Å². The van der Waals surface area contributed by atoms with Crippen LogP contribution in [0.4, 0.5) is 0 Å². The van der Waals surface area contributed by atoms with Crippen LogP contribution in [-0.2, 0) is 33.3 Å². The maximum atomic E-state index is 11.2. The lowest BCUT2D eigenvalue weighted by atomic mass is 10.0. The molecule has 0 saturated carbocycles. The fourth-order valence-electron chi connectivity index (χ4n) is 1.72. The van der Waals surface area contributed by atoms with Gasteiger partial charge in [0.25, 0.3) is 0 Å². The van der Waals surface area contributed by atoms with Crippen molar-refractivity contribution in [1.29, 1.82) is 0 Å². The maximum Gasteiger partial charge on any atom is 0.303 e. The Hall–Kier alpha value is -1.03. The van der Waals surface area contributed by atoms with E-state index in [4.69, 9.17) is 18.9 Å². The number of rotatable bonds is 4. The number of halogens is 1. The molecule has 0 aliphatic carbocycles. The van der Waals surface area contributed by atoms with E-state index in [9.17, 15) is 14.4 Å². The van der Waals surface area contributed by atoms with Gasteiger partial charge in [0.1, 0.15) is 6.61 Å². The normalized spacial score (nSPS) is 29.0. The van der Waals surface area contributed by atoms with Crippen molar-refractivity contribution in [2.75, 3.05) is 6.61 Å². The largest absolute Gasteiger partial charge is 0.463 e. The third-order valence-electron chi connectivity index (χ3n) is 2.44. The highest BCUT2D eigenvalue weighted by Gasteiger charge is 2.50. The van der Waals surface area contributed by atoms with Crippen molar-refractivity contribution in [1.82, 2.24) is 0 Å². The average molecular weight is 399 g/mol. The first kappa shape index (κ1) is 17.0. The fraction of sp³-hybridized carbons (Fsp3) is 0.667. The van der Waals surface area contributed by atoms with Crippen molar-refractivity contribution in [3.05, 3.63) is 6.61 Å². The standard InChI is InChI=1S/C12H16IO7/c1-6(14)17-5-10-12(20-8(3)16)11(19-7(2)15)9(13)4-18-10/h4,9-12H,5H2,1-3H3/q+1. The SMILES string of the molecule is CC(=O)OCC1O[CH+]C(I)C(OC(C)=O)C1OC(C)=O. The zero-order valence-electron chi connectivity index (χ0n) is 11.3. The first-order chi connectivity index (χ1) is 9.31. The minimum atomic E-state index is -0.831. The smallest absolute Gasteiger partial charge is 0.303 e. The summed E-state index contributed by atoms with van der Waals surface area (Å²) in [4.78, 5) is 33.2. The lowest BCUT2D eigenvalue weighted by Gasteiger charge is -2.33. The highest BCUT2D eigenvalue weighted by molar-refractivity contribution is 14.1. The summed E-state index contributed by atoms with van der Waals surface area (Å²) in [5, 5.41) is 0. The van der Waals surface area contributed by atoms with E-state index in [0.717, 1.165) is 0 Å². The third kappa shape index (κ3) is 5.16. The Morgan fingerprint density at radius 2 is 1.60 bits per heavy atom. The lowest BCUT2D eigenvalue weighted by Crippen LogP contribution is -2.54. The summed E-state index contributed by atoms with van der Waals surface area (Å²) in [6, 6.07) is 0. The van der Waals surface area contributed by atoms with E-state index >= 15 is 0 Å². The number of hydrogen-bond acceptors (Lipinski definition) is 7. The van der Waals surface area contributed by atoms with Crippen LogP contribution in [0.1, 0.15) is 20.8 Å². The zero-order chi connectivity index (χ0) is 15.3. The maximum absolute atomic E-state index is 11.2. The fourth-order valence-corrected chi connectivity index (χ4v) is 2.44. The summed E-state index contributed by atoms with van der Waals surface area (Å²) in [6.45, 7) is 5.16. The lowest BCUT2D eigenvalue weighted by molar-refractivity contribution is -0.190. The van der Waals surface area contributed by atoms with Gasteiger partial charge in [-0.3, -0.25) is 14.4 Å². The highest BCUT2D eigenvalue weighted by atomic mass is 127. The van der Waals surface area contributed by atoms with Gasteiger partial charge < -0.3 is 14.2 Å². The molecule has 112 valence electrons. The number of alkyl halides is 1. The number of carbonyl (C=O) groups is 3. The molecule has 7 nitrogen and oxygen atoms in total. The van der Waals surface area contributed by atoms with Crippen LogP contribution in [0.2, 0.25) is 0 Å². The molecule has 0 aromatic heterocycles. The molecule has 1 saturated heterocycles. The Bertz CT molecular complexity index is 384. The van der Waals surface area contributed by atoms with Crippen molar-refractivity contribution < 1.29 is 33.3 Å². The minimum absolute atomic E-state index is 0.0924. The van der Waals surface area contributed by atoms with Crippen LogP contribution in [0.5, 0.6) is 0 Å². The van der Waals surface area contributed by atoms with Gasteiger partial charge in [0, 0.05) is 20.8 Å². The van der Waals surface area contributed by atoms with E-state index in [1.54, 1.807) is 0 Å². The van der Waals surface area contributed by atoms with E-state index in [1.165, 1.54) is 27.4 Å². The monoisotopic (exact) mass is 399 g/mol. The van der Waals surface area contributed by atoms with E-state index in [1.807, 2.05) is 22.6 Å². The van der Waals surface area contributed by atoms with Gasteiger partial charge in [-0.2, -0.15) is 4.74 Å². The molecule has 1 aliphatic rings. The summed E-state index contributed by atoms with van der Waals surface area (Å²) in [5.41, 5.74) is 0. The Morgan fingerprint density at radius 1 is 1.05 bits per heavy atom. The second-order valence-electron chi connectivity index (χ2n) is 4.21. The van der Waals surface area contributed by atoms with Gasteiger partial charge >= 0.3 is 17.9 Å². The zero-order valence-corrected chi connectivity index (χ0v) is 13.5. The molecule has 1 heterocycles. The number of ether oxygens (including phenoxy) is 4. The van der Waals surface area contributed by atoms with Gasteiger partial charge in [-0.1, -0.05) is 0 Å². The molecule has 4 atom stereocenters. The van der Waals surface area contributed by atoms with E-state index in [2.05, 4.69) is 0 Å². The summed E-state index contributed by atoms with van der Waals surface area (Å²) in [6.07, 6.45) is -2.23. The highest BCUT2D eigenvalue weighted by Crippen LogP contribution is 2.29. The molecule has 0 aromatic rings. The average Bonchev–Trinajstić information content (AvgIpc) is 2.31. The first-order valence-corrected chi connectivity index (χ1v) is 7.16. The van der Waals surface area contributed by atoms with Gasteiger partial charge in [-0.15, -0.1) is 0 Å². The summed E-state index contributed by atoms with van der Waals surface area (Å²) >= 11 is 2.01. The van der Waals surface area contributed by atoms with Crippen LogP contribution in [0.15, 0.2) is 0 Å². The molecule has 1 fully saturated rings. The second kappa shape index (κ2) is 7.67. The van der Waals surface area contributed by atoms with Crippen LogP contribution in [0.25, 0.3) is 0 Å².